The van der Waals surface area contributed by atoms with E-state index in [4.69, 9.17) is 12.6 Å². The zero-order chi connectivity index (χ0) is 43.8. The molecule has 0 unspecified atom stereocenters. The van der Waals surface area contributed by atoms with Crippen molar-refractivity contribution in [3.05, 3.63) is 218 Å². The molecule has 0 N–H and O–H groups in total. The fraction of sp³-hybridized carbons (Fsp3) is 0. The van der Waals surface area contributed by atoms with Crippen molar-refractivity contribution in [2.45, 2.75) is 0 Å². The molecule has 0 amide bonds. The minimum atomic E-state index is -0.467. The average molecular weight is 736 g/mol. The number of fused-ring (bicyclic) bond motifs is 6. The first kappa shape index (κ1) is 26.2. The number of furan rings is 1. The first-order valence-corrected chi connectivity index (χ1v) is 18.9. The van der Waals surface area contributed by atoms with E-state index < -0.39 is 12.1 Å². The first-order chi connectivity index (χ1) is 31.2. The van der Waals surface area contributed by atoms with E-state index in [9.17, 15) is 1.37 Å². The molecular formula is C54H36N2O. The maximum Gasteiger partial charge on any atom is 0.137 e. The van der Waals surface area contributed by atoms with Crippen LogP contribution in [0.5, 0.6) is 0 Å². The fourth-order valence-corrected chi connectivity index (χ4v) is 8.09. The molecule has 11 rings (SSSR count). The van der Waals surface area contributed by atoms with Crippen LogP contribution in [0.15, 0.2) is 223 Å². The van der Waals surface area contributed by atoms with Crippen LogP contribution < -0.4 is 4.90 Å². The lowest BCUT2D eigenvalue weighted by Crippen LogP contribution is -2.10. The van der Waals surface area contributed by atoms with Gasteiger partial charge in [-0.05, 0) is 88.4 Å². The van der Waals surface area contributed by atoms with Gasteiger partial charge in [0, 0.05) is 33.1 Å². The zero-order valence-corrected chi connectivity index (χ0v) is 30.5. The van der Waals surface area contributed by atoms with E-state index in [1.807, 2.05) is 83.8 Å². The third-order valence-electron chi connectivity index (χ3n) is 10.8. The van der Waals surface area contributed by atoms with Crippen molar-refractivity contribution >= 4 is 60.8 Å². The van der Waals surface area contributed by atoms with Gasteiger partial charge in [0.25, 0.3) is 0 Å². The van der Waals surface area contributed by atoms with Crippen molar-refractivity contribution in [1.29, 1.82) is 0 Å². The SMILES string of the molecule is [2H]c1c([2H])c([2H])c2c(oc3c([2H])c([2H])c([2H])c(N(c4ccc(-c5ccccc5)cc4)c4ccc(-c5ccc(-c6ccccc6-n6c7ccccc7c7ccccc76)cc5)cc4)c32)c1[2H]. The van der Waals surface area contributed by atoms with E-state index in [2.05, 4.69) is 102 Å². The van der Waals surface area contributed by atoms with Crippen LogP contribution in [0.2, 0.25) is 0 Å². The van der Waals surface area contributed by atoms with Crippen LogP contribution in [-0.4, -0.2) is 4.57 Å². The van der Waals surface area contributed by atoms with E-state index in [1.54, 1.807) is 0 Å². The maximum absolute atomic E-state index is 9.38. The van der Waals surface area contributed by atoms with E-state index in [0.29, 0.717) is 11.4 Å². The Morgan fingerprint density at radius 2 is 0.912 bits per heavy atom. The van der Waals surface area contributed by atoms with Crippen molar-refractivity contribution in [2.75, 3.05) is 4.90 Å². The number of rotatable bonds is 7. The van der Waals surface area contributed by atoms with Gasteiger partial charge in [-0.1, -0.05) is 158 Å². The van der Waals surface area contributed by atoms with Gasteiger partial charge in [-0.3, -0.25) is 0 Å². The molecule has 0 saturated heterocycles. The second-order valence-corrected chi connectivity index (χ2v) is 14.0. The average Bonchev–Trinajstić information content (AvgIpc) is 3.91. The summed E-state index contributed by atoms with van der Waals surface area (Å²) in [6.45, 7) is 0. The van der Waals surface area contributed by atoms with Gasteiger partial charge >= 0.3 is 0 Å². The molecule has 57 heavy (non-hydrogen) atoms. The predicted octanol–water partition coefficient (Wildman–Crippen LogP) is 15.2. The highest BCUT2D eigenvalue weighted by atomic mass is 16.3. The summed E-state index contributed by atoms with van der Waals surface area (Å²) in [7, 11) is 0. The molecule has 3 heteroatoms. The molecule has 2 heterocycles. The van der Waals surface area contributed by atoms with Crippen molar-refractivity contribution in [3.63, 3.8) is 0 Å². The molecule has 3 nitrogen and oxygen atoms in total. The summed E-state index contributed by atoms with van der Waals surface area (Å²) >= 11 is 0. The Kier molecular flexibility index (Phi) is 6.26. The Morgan fingerprint density at radius 1 is 0.404 bits per heavy atom. The zero-order valence-electron chi connectivity index (χ0n) is 37.5. The number of hydrogen-bond acceptors (Lipinski definition) is 2. The highest BCUT2D eigenvalue weighted by Gasteiger charge is 2.20. The second kappa shape index (κ2) is 13.6. The van der Waals surface area contributed by atoms with Crippen LogP contribution in [0.4, 0.5) is 17.1 Å². The third kappa shape index (κ3) is 5.60. The summed E-state index contributed by atoms with van der Waals surface area (Å²) in [5.74, 6) is 0. The van der Waals surface area contributed by atoms with Crippen LogP contribution in [0.1, 0.15) is 9.60 Å². The molecule has 11 aromatic rings. The van der Waals surface area contributed by atoms with Gasteiger partial charge in [0.05, 0.1) is 37.4 Å². The van der Waals surface area contributed by atoms with E-state index in [1.165, 1.54) is 10.8 Å². The molecule has 0 bridgehead atoms. The molecule has 0 spiro atoms. The quantitative estimate of drug-likeness (QED) is 0.163. The lowest BCUT2D eigenvalue weighted by Gasteiger charge is -2.26. The second-order valence-electron chi connectivity index (χ2n) is 14.0. The number of para-hydroxylation sites is 4. The van der Waals surface area contributed by atoms with Crippen LogP contribution in [-0.2, 0) is 0 Å². The van der Waals surface area contributed by atoms with Gasteiger partial charge in [0.1, 0.15) is 11.2 Å². The van der Waals surface area contributed by atoms with Gasteiger partial charge in [0.15, 0.2) is 0 Å². The highest BCUT2D eigenvalue weighted by Crippen LogP contribution is 2.44. The predicted molar refractivity (Wildman–Crippen MR) is 239 cm³/mol. The maximum atomic E-state index is 9.38. The number of hydrogen-bond donors (Lipinski definition) is 0. The highest BCUT2D eigenvalue weighted by molar-refractivity contribution is 6.13. The van der Waals surface area contributed by atoms with Crippen molar-refractivity contribution in [1.82, 2.24) is 4.57 Å². The smallest absolute Gasteiger partial charge is 0.137 e. The molecule has 0 radical (unpaired) electrons. The summed E-state index contributed by atoms with van der Waals surface area (Å²) in [4.78, 5) is 1.81. The van der Waals surface area contributed by atoms with Gasteiger partial charge < -0.3 is 13.9 Å². The van der Waals surface area contributed by atoms with Crippen molar-refractivity contribution < 1.29 is 14.0 Å². The van der Waals surface area contributed by atoms with Crippen LogP contribution in [0, 0.1) is 0 Å². The molecule has 2 aromatic heterocycles. The standard InChI is InChI=1S/C54H36N2O/c1-2-13-37(14-3-1)39-29-33-42(34-30-39)55(51-22-12-24-53-54(51)47-18-7-11-23-52(47)57-53)43-35-31-40(32-36-43)38-25-27-41(28-26-38)44-15-4-8-19-48(44)56-49-20-9-5-16-45(49)46-17-6-10-21-50(46)56/h1-36H/i7D,11D,12D,18D,22D,23D,24D. The number of benzene rings is 9. The topological polar surface area (TPSA) is 21.3 Å². The summed E-state index contributed by atoms with van der Waals surface area (Å²) in [5, 5.41) is 2.64. The lowest BCUT2D eigenvalue weighted by molar-refractivity contribution is 0.669. The van der Waals surface area contributed by atoms with Crippen LogP contribution in [0.3, 0.4) is 0 Å². The number of anilines is 3. The molecule has 9 aromatic carbocycles. The van der Waals surface area contributed by atoms with Crippen molar-refractivity contribution in [2.24, 2.45) is 0 Å². The molecule has 268 valence electrons. The Labute approximate surface area is 340 Å². The molecular weight excluding hydrogens is 693 g/mol. The largest absolute Gasteiger partial charge is 0.456 e. The number of nitrogens with zero attached hydrogens (tertiary/aromatic N) is 2. The van der Waals surface area contributed by atoms with Gasteiger partial charge in [-0.15, -0.1) is 0 Å². The van der Waals surface area contributed by atoms with E-state index in [-0.39, 0.29) is 57.8 Å². The summed E-state index contributed by atoms with van der Waals surface area (Å²) in [5.41, 5.74) is 10.7. The molecule has 0 aliphatic rings. The van der Waals surface area contributed by atoms with Gasteiger partial charge in [0.2, 0.25) is 0 Å². The fourth-order valence-electron chi connectivity index (χ4n) is 8.09. The molecule has 0 atom stereocenters. The Bertz CT molecular complexity index is 3570. The minimum absolute atomic E-state index is 0.0559. The summed E-state index contributed by atoms with van der Waals surface area (Å²) in [6, 6.07) is 57.0. The van der Waals surface area contributed by atoms with Crippen LogP contribution >= 0.6 is 0 Å². The Hall–Kier alpha value is -7.62. The first-order valence-electron chi connectivity index (χ1n) is 22.4. The summed E-state index contributed by atoms with van der Waals surface area (Å²) < 4.78 is 70.0. The van der Waals surface area contributed by atoms with Crippen molar-refractivity contribution in [3.8, 4) is 39.1 Å². The third-order valence-corrected chi connectivity index (χ3v) is 10.8. The lowest BCUT2D eigenvalue weighted by atomic mass is 9.98. The minimum Gasteiger partial charge on any atom is -0.456 e. The normalized spacial score (nSPS) is 13.2. The Balaban J connectivity index is 1.03. The number of aromatic nitrogens is 1. The molecule has 0 aliphatic carbocycles. The molecule has 0 fully saturated rings. The Morgan fingerprint density at radius 3 is 1.58 bits per heavy atom. The van der Waals surface area contributed by atoms with Gasteiger partial charge in [-0.2, -0.15) is 0 Å². The van der Waals surface area contributed by atoms with E-state index >= 15 is 0 Å². The monoisotopic (exact) mass is 735 g/mol. The molecule has 0 saturated carbocycles. The van der Waals surface area contributed by atoms with Gasteiger partial charge in [-0.25, -0.2) is 0 Å². The summed E-state index contributed by atoms with van der Waals surface area (Å²) in [6.07, 6.45) is 0. The van der Waals surface area contributed by atoms with Crippen LogP contribution in [0.25, 0.3) is 82.8 Å². The molecule has 0 aliphatic heterocycles. The van der Waals surface area contributed by atoms with E-state index in [0.717, 1.165) is 50.1 Å².